The van der Waals surface area contributed by atoms with Crippen molar-refractivity contribution in [2.24, 2.45) is 0 Å². The summed E-state index contributed by atoms with van der Waals surface area (Å²) in [5, 5.41) is 33.8. The van der Waals surface area contributed by atoms with E-state index in [0.29, 0.717) is 23.2 Å². The van der Waals surface area contributed by atoms with Crippen molar-refractivity contribution >= 4 is 5.91 Å². The van der Waals surface area contributed by atoms with E-state index in [1.165, 1.54) is 12.1 Å². The van der Waals surface area contributed by atoms with Crippen LogP contribution in [0.1, 0.15) is 42.4 Å². The molecular weight excluding hydrogens is 477 g/mol. The predicted molar refractivity (Wildman–Crippen MR) is 134 cm³/mol. The Balaban J connectivity index is 1.49. The number of benzene rings is 2. The van der Waals surface area contributed by atoms with Crippen molar-refractivity contribution in [3.05, 3.63) is 71.0 Å². The summed E-state index contributed by atoms with van der Waals surface area (Å²) in [6.07, 6.45) is -1.20. The van der Waals surface area contributed by atoms with Crippen LogP contribution >= 0.6 is 0 Å². The van der Waals surface area contributed by atoms with Crippen molar-refractivity contribution in [2.75, 3.05) is 26.2 Å². The van der Waals surface area contributed by atoms with Crippen molar-refractivity contribution < 1.29 is 28.9 Å². The lowest BCUT2D eigenvalue weighted by molar-refractivity contribution is -0.200. The normalized spacial score (nSPS) is 26.1. The van der Waals surface area contributed by atoms with E-state index >= 15 is 0 Å². The summed E-state index contributed by atoms with van der Waals surface area (Å²) in [5.74, 6) is -0.758. The highest BCUT2D eigenvalue weighted by Crippen LogP contribution is 2.36. The van der Waals surface area contributed by atoms with Crippen LogP contribution in [-0.4, -0.2) is 71.1 Å². The highest BCUT2D eigenvalue weighted by molar-refractivity contribution is 5.85. The number of carbonyl (C=O) groups excluding carboxylic acids is 1. The second-order valence-corrected chi connectivity index (χ2v) is 9.80. The van der Waals surface area contributed by atoms with Crippen LogP contribution in [0.15, 0.2) is 48.5 Å². The number of likely N-dealkylation sites (tertiary alicyclic amines) is 1. The van der Waals surface area contributed by atoms with Gasteiger partial charge in [-0.3, -0.25) is 4.79 Å². The molecule has 1 saturated heterocycles. The van der Waals surface area contributed by atoms with E-state index in [4.69, 9.17) is 9.47 Å². The summed E-state index contributed by atoms with van der Waals surface area (Å²) in [7, 11) is 0. The first-order valence-corrected chi connectivity index (χ1v) is 12.7. The fourth-order valence-electron chi connectivity index (χ4n) is 5.01. The maximum absolute atomic E-state index is 13.5. The van der Waals surface area contributed by atoms with Gasteiger partial charge in [0.1, 0.15) is 11.9 Å². The number of nitrogens with zero attached hydrogens (tertiary/aromatic N) is 2. The minimum atomic E-state index is -1.46. The Morgan fingerprint density at radius 3 is 2.57 bits per heavy atom. The van der Waals surface area contributed by atoms with Crippen LogP contribution in [0.4, 0.5) is 4.39 Å². The minimum absolute atomic E-state index is 0.0106. The van der Waals surface area contributed by atoms with Crippen LogP contribution in [0.25, 0.3) is 0 Å². The smallest absolute Gasteiger partial charge is 0.252 e. The number of hydrogen-bond donors (Lipinski definition) is 3. The molecule has 1 unspecified atom stereocenters. The first kappa shape index (κ1) is 27.2. The van der Waals surface area contributed by atoms with E-state index in [1.54, 1.807) is 36.4 Å². The van der Waals surface area contributed by atoms with Gasteiger partial charge in [0.25, 0.3) is 5.91 Å². The monoisotopic (exact) mass is 511 g/mol. The van der Waals surface area contributed by atoms with E-state index in [0.717, 1.165) is 32.5 Å². The Morgan fingerprint density at radius 2 is 1.84 bits per heavy atom. The van der Waals surface area contributed by atoms with E-state index in [2.05, 4.69) is 16.3 Å². The van der Waals surface area contributed by atoms with Crippen LogP contribution in [0.5, 0.6) is 0 Å². The minimum Gasteiger partial charge on any atom is -0.390 e. The van der Waals surface area contributed by atoms with Crippen LogP contribution in [-0.2, 0) is 27.5 Å². The number of rotatable bonds is 10. The number of ether oxygens (including phenoxy) is 2. The van der Waals surface area contributed by atoms with Gasteiger partial charge in [-0.05, 0) is 55.3 Å². The highest BCUT2D eigenvalue weighted by Gasteiger charge is 2.51. The molecule has 1 saturated carbocycles. The largest absolute Gasteiger partial charge is 0.390 e. The number of nitriles is 1. The number of aliphatic hydroxyl groups excluding tert-OH is 2. The molecular formula is C28H34FN3O5. The first-order valence-electron chi connectivity index (χ1n) is 12.7. The number of nitrogens with one attached hydrogen (secondary N) is 1. The second-order valence-electron chi connectivity index (χ2n) is 9.80. The standard InChI is InChI=1S/C28H34FN3O5/c29-23-9-7-20(8-10-23)18-37-28(27(35)31-11-14-32-12-3-4-13-32)15-24(33)26(34)25(16-28)36-19-22-6-2-1-5-21(22)17-30/h1-2,5-10,24-26,33-34H,3-4,11-16,18-19H2,(H,31,35)/t24-,25?,26-,28+/m1/s1. The van der Waals surface area contributed by atoms with Gasteiger partial charge in [0.2, 0.25) is 0 Å². The number of aliphatic hydroxyl groups is 2. The molecule has 0 radical (unpaired) electrons. The molecule has 8 nitrogen and oxygen atoms in total. The third-order valence-corrected chi connectivity index (χ3v) is 7.19. The van der Waals surface area contributed by atoms with E-state index in [9.17, 15) is 24.7 Å². The van der Waals surface area contributed by atoms with Gasteiger partial charge in [0.05, 0.1) is 37.1 Å². The molecule has 1 heterocycles. The molecule has 198 valence electrons. The summed E-state index contributed by atoms with van der Waals surface area (Å²) in [5.41, 5.74) is 0.306. The van der Waals surface area contributed by atoms with Crippen molar-refractivity contribution in [1.29, 1.82) is 5.26 Å². The average Bonchev–Trinajstić information content (AvgIpc) is 3.43. The van der Waals surface area contributed by atoms with Gasteiger partial charge in [-0.15, -0.1) is 0 Å². The van der Waals surface area contributed by atoms with Crippen LogP contribution in [0.2, 0.25) is 0 Å². The molecule has 2 aliphatic rings. The van der Waals surface area contributed by atoms with Gasteiger partial charge < -0.3 is 29.9 Å². The van der Waals surface area contributed by atoms with Gasteiger partial charge in [0.15, 0.2) is 5.60 Å². The molecule has 2 aromatic carbocycles. The average molecular weight is 512 g/mol. The van der Waals surface area contributed by atoms with Gasteiger partial charge >= 0.3 is 0 Å². The molecule has 9 heteroatoms. The molecule has 37 heavy (non-hydrogen) atoms. The first-order chi connectivity index (χ1) is 17.9. The highest BCUT2D eigenvalue weighted by atomic mass is 19.1. The lowest BCUT2D eigenvalue weighted by Crippen LogP contribution is -2.61. The van der Waals surface area contributed by atoms with Gasteiger partial charge in [-0.25, -0.2) is 4.39 Å². The van der Waals surface area contributed by atoms with Crippen molar-refractivity contribution in [1.82, 2.24) is 10.2 Å². The Labute approximate surface area is 216 Å². The molecule has 0 bridgehead atoms. The molecule has 2 aromatic rings. The Bertz CT molecular complexity index is 1090. The summed E-state index contributed by atoms with van der Waals surface area (Å²) in [6, 6.07) is 14.9. The Kier molecular flexibility index (Phi) is 9.24. The molecule has 0 spiro atoms. The molecule has 1 amide bonds. The third-order valence-electron chi connectivity index (χ3n) is 7.19. The maximum atomic E-state index is 13.5. The zero-order valence-corrected chi connectivity index (χ0v) is 20.8. The van der Waals surface area contributed by atoms with Gasteiger partial charge in [-0.1, -0.05) is 30.3 Å². The van der Waals surface area contributed by atoms with E-state index in [1.807, 2.05) is 0 Å². The molecule has 0 aromatic heterocycles. The van der Waals surface area contributed by atoms with Crippen LogP contribution in [0.3, 0.4) is 0 Å². The molecule has 1 aliphatic heterocycles. The van der Waals surface area contributed by atoms with Crippen LogP contribution < -0.4 is 5.32 Å². The van der Waals surface area contributed by atoms with E-state index < -0.39 is 23.9 Å². The molecule has 2 fully saturated rings. The number of halogens is 1. The fourth-order valence-corrected chi connectivity index (χ4v) is 5.01. The maximum Gasteiger partial charge on any atom is 0.252 e. The lowest BCUT2D eigenvalue weighted by Gasteiger charge is -2.44. The third kappa shape index (κ3) is 6.92. The predicted octanol–water partition coefficient (Wildman–Crippen LogP) is 2.27. The van der Waals surface area contributed by atoms with E-state index in [-0.39, 0.29) is 37.8 Å². The molecule has 4 rings (SSSR count). The van der Waals surface area contributed by atoms with Crippen molar-refractivity contribution in [2.45, 2.75) is 62.8 Å². The second kappa shape index (κ2) is 12.6. The molecule has 3 N–H and O–H groups in total. The van der Waals surface area contributed by atoms with Crippen LogP contribution in [0, 0.1) is 17.1 Å². The van der Waals surface area contributed by atoms with Gasteiger partial charge in [-0.2, -0.15) is 5.26 Å². The summed E-state index contributed by atoms with van der Waals surface area (Å²) < 4.78 is 25.5. The quantitative estimate of drug-likeness (QED) is 0.448. The summed E-state index contributed by atoms with van der Waals surface area (Å²) in [6.45, 7) is 3.21. The fraction of sp³-hybridized carbons (Fsp3) is 0.500. The van der Waals surface area contributed by atoms with Gasteiger partial charge in [0, 0.05) is 25.9 Å². The number of amides is 1. The molecule has 4 atom stereocenters. The molecule has 1 aliphatic carbocycles. The zero-order valence-electron chi connectivity index (χ0n) is 20.8. The summed E-state index contributed by atoms with van der Waals surface area (Å²) >= 11 is 0. The van der Waals surface area contributed by atoms with Crippen molar-refractivity contribution in [3.8, 4) is 6.07 Å². The Hall–Kier alpha value is -2.87. The SMILES string of the molecule is N#Cc1ccccc1COC1C[C@](OCc2ccc(F)cc2)(C(=O)NCCN2CCCC2)C[C@@H](O)[C@H]1O. The number of hydrogen-bond acceptors (Lipinski definition) is 7. The topological polar surface area (TPSA) is 115 Å². The van der Waals surface area contributed by atoms with Crippen molar-refractivity contribution in [3.63, 3.8) is 0 Å². The number of carbonyl (C=O) groups is 1. The lowest BCUT2D eigenvalue weighted by atomic mass is 9.78. The summed E-state index contributed by atoms with van der Waals surface area (Å²) in [4.78, 5) is 15.8. The zero-order chi connectivity index (χ0) is 26.3. The Morgan fingerprint density at radius 1 is 1.11 bits per heavy atom.